The number of halogens is 2. The number of rotatable bonds is 4. The monoisotopic (exact) mass is 317 g/mol. The van der Waals surface area contributed by atoms with Gasteiger partial charge in [0.1, 0.15) is 5.82 Å². The van der Waals surface area contributed by atoms with Gasteiger partial charge in [0.2, 0.25) is 5.89 Å². The van der Waals surface area contributed by atoms with Crippen LogP contribution >= 0.6 is 27.7 Å². The largest absolute Gasteiger partial charge is 0.415 e. The highest BCUT2D eigenvalue weighted by Crippen LogP contribution is 2.24. The molecule has 0 unspecified atom stereocenters. The van der Waals surface area contributed by atoms with Crippen molar-refractivity contribution in [1.29, 1.82) is 0 Å². The molecule has 0 radical (unpaired) electrons. The van der Waals surface area contributed by atoms with Crippen molar-refractivity contribution in [3.63, 3.8) is 0 Å². The van der Waals surface area contributed by atoms with Crippen molar-refractivity contribution in [3.8, 4) is 0 Å². The number of thioether (sulfide) groups is 1. The molecule has 90 valence electrons. The van der Waals surface area contributed by atoms with Crippen molar-refractivity contribution in [1.82, 2.24) is 10.2 Å². The molecule has 0 saturated heterocycles. The van der Waals surface area contributed by atoms with Crippen LogP contribution in [-0.2, 0) is 12.3 Å². The molecule has 0 aliphatic carbocycles. The van der Waals surface area contributed by atoms with Crippen molar-refractivity contribution in [2.24, 2.45) is 5.73 Å². The Balaban J connectivity index is 1.99. The molecule has 0 spiro atoms. The van der Waals surface area contributed by atoms with Crippen LogP contribution in [0.2, 0.25) is 0 Å². The molecule has 17 heavy (non-hydrogen) atoms. The fourth-order valence-corrected chi connectivity index (χ4v) is 2.30. The maximum atomic E-state index is 13.0. The maximum absolute atomic E-state index is 13.0. The summed E-state index contributed by atoms with van der Waals surface area (Å²) < 4.78 is 18.7. The fourth-order valence-electron chi connectivity index (χ4n) is 1.15. The molecule has 0 aliphatic heterocycles. The molecule has 2 aromatic rings. The Bertz CT molecular complexity index is 520. The zero-order chi connectivity index (χ0) is 12.3. The molecule has 2 rings (SSSR count). The number of benzene rings is 1. The van der Waals surface area contributed by atoms with E-state index in [0.29, 0.717) is 21.3 Å². The van der Waals surface area contributed by atoms with Crippen LogP contribution in [0.1, 0.15) is 11.5 Å². The molecule has 0 aliphatic rings. The Hall–Kier alpha value is -0.920. The Kier molecular flexibility index (Phi) is 4.14. The lowest BCUT2D eigenvalue weighted by molar-refractivity contribution is 0.415. The molecule has 7 heteroatoms. The molecule has 1 aromatic carbocycles. The minimum Gasteiger partial charge on any atom is -0.415 e. The Morgan fingerprint density at radius 2 is 2.24 bits per heavy atom. The molecular weight excluding hydrogens is 309 g/mol. The zero-order valence-corrected chi connectivity index (χ0v) is 11.1. The molecule has 0 amide bonds. The van der Waals surface area contributed by atoms with E-state index < -0.39 is 0 Å². The standard InChI is InChI=1S/C10H9BrFN3OS/c11-7-3-6(1-2-8(7)12)5-17-10-15-14-9(4-13)16-10/h1-3H,4-5,13H2. The van der Waals surface area contributed by atoms with Crippen molar-refractivity contribution in [2.75, 3.05) is 0 Å². The third-order valence-corrected chi connectivity index (χ3v) is 3.47. The van der Waals surface area contributed by atoms with Crippen LogP contribution in [0.4, 0.5) is 4.39 Å². The van der Waals surface area contributed by atoms with E-state index in [9.17, 15) is 4.39 Å². The highest BCUT2D eigenvalue weighted by atomic mass is 79.9. The van der Waals surface area contributed by atoms with Gasteiger partial charge in [-0.15, -0.1) is 10.2 Å². The number of nitrogens with zero attached hydrogens (tertiary/aromatic N) is 2. The summed E-state index contributed by atoms with van der Waals surface area (Å²) in [5, 5.41) is 8.03. The van der Waals surface area contributed by atoms with Crippen LogP contribution in [-0.4, -0.2) is 10.2 Å². The molecule has 0 bridgehead atoms. The maximum Gasteiger partial charge on any atom is 0.276 e. The van der Waals surface area contributed by atoms with E-state index in [0.717, 1.165) is 5.56 Å². The first kappa shape index (κ1) is 12.5. The lowest BCUT2D eigenvalue weighted by Gasteiger charge is -2.00. The van der Waals surface area contributed by atoms with Gasteiger partial charge in [-0.2, -0.15) is 0 Å². The summed E-state index contributed by atoms with van der Waals surface area (Å²) in [7, 11) is 0. The van der Waals surface area contributed by atoms with Gasteiger partial charge in [-0.1, -0.05) is 17.8 Å². The summed E-state index contributed by atoms with van der Waals surface area (Å²) in [5.41, 5.74) is 6.32. The van der Waals surface area contributed by atoms with E-state index in [4.69, 9.17) is 10.2 Å². The van der Waals surface area contributed by atoms with Gasteiger partial charge in [-0.05, 0) is 33.6 Å². The van der Waals surface area contributed by atoms with Crippen LogP contribution < -0.4 is 5.73 Å². The number of nitrogens with two attached hydrogens (primary N) is 1. The summed E-state index contributed by atoms with van der Waals surface area (Å²) in [6.45, 7) is 0.232. The second kappa shape index (κ2) is 5.61. The predicted molar refractivity (Wildman–Crippen MR) is 65.9 cm³/mol. The van der Waals surface area contributed by atoms with Gasteiger partial charge >= 0.3 is 0 Å². The van der Waals surface area contributed by atoms with E-state index in [1.165, 1.54) is 17.8 Å². The number of aromatic nitrogens is 2. The third kappa shape index (κ3) is 3.27. The van der Waals surface area contributed by atoms with Crippen LogP contribution in [0, 0.1) is 5.82 Å². The van der Waals surface area contributed by atoms with Gasteiger partial charge in [0.15, 0.2) is 0 Å². The normalized spacial score (nSPS) is 10.8. The van der Waals surface area contributed by atoms with E-state index in [-0.39, 0.29) is 12.4 Å². The Morgan fingerprint density at radius 3 is 2.88 bits per heavy atom. The van der Waals surface area contributed by atoms with E-state index in [1.807, 2.05) is 0 Å². The minimum atomic E-state index is -0.276. The topological polar surface area (TPSA) is 64.9 Å². The molecule has 0 fully saturated rings. The quantitative estimate of drug-likeness (QED) is 0.878. The van der Waals surface area contributed by atoms with Gasteiger partial charge < -0.3 is 10.2 Å². The average molecular weight is 318 g/mol. The molecule has 2 N–H and O–H groups in total. The Labute approximate surface area is 110 Å². The van der Waals surface area contributed by atoms with Crippen LogP contribution in [0.25, 0.3) is 0 Å². The van der Waals surface area contributed by atoms with Crippen molar-refractivity contribution in [2.45, 2.75) is 17.5 Å². The van der Waals surface area contributed by atoms with Crippen molar-refractivity contribution >= 4 is 27.7 Å². The summed E-state index contributed by atoms with van der Waals surface area (Å²) in [6.07, 6.45) is 0. The lowest BCUT2D eigenvalue weighted by atomic mass is 10.2. The van der Waals surface area contributed by atoms with Crippen LogP contribution in [0.3, 0.4) is 0 Å². The first-order valence-electron chi connectivity index (χ1n) is 4.78. The summed E-state index contributed by atoms with van der Waals surface area (Å²) in [5.74, 6) is 0.764. The van der Waals surface area contributed by atoms with Crippen molar-refractivity contribution < 1.29 is 8.81 Å². The fraction of sp³-hybridized carbons (Fsp3) is 0.200. The molecule has 1 heterocycles. The van der Waals surface area contributed by atoms with Gasteiger partial charge in [-0.3, -0.25) is 0 Å². The third-order valence-electron chi connectivity index (χ3n) is 1.97. The summed E-state index contributed by atoms with van der Waals surface area (Å²) in [4.78, 5) is 0. The Morgan fingerprint density at radius 1 is 1.41 bits per heavy atom. The first-order valence-corrected chi connectivity index (χ1v) is 6.56. The van der Waals surface area contributed by atoms with Crippen LogP contribution in [0.15, 0.2) is 32.3 Å². The minimum absolute atomic E-state index is 0.232. The zero-order valence-electron chi connectivity index (χ0n) is 8.69. The van der Waals surface area contributed by atoms with Crippen LogP contribution in [0.5, 0.6) is 0 Å². The molecule has 4 nitrogen and oxygen atoms in total. The molecule has 0 saturated carbocycles. The SMILES string of the molecule is NCc1nnc(SCc2ccc(F)c(Br)c2)o1. The summed E-state index contributed by atoms with van der Waals surface area (Å²) in [6, 6.07) is 4.86. The highest BCUT2D eigenvalue weighted by Gasteiger charge is 2.06. The molecule has 1 aromatic heterocycles. The highest BCUT2D eigenvalue weighted by molar-refractivity contribution is 9.10. The van der Waals surface area contributed by atoms with Gasteiger partial charge in [0.25, 0.3) is 5.22 Å². The van der Waals surface area contributed by atoms with Crippen molar-refractivity contribution in [3.05, 3.63) is 39.9 Å². The van der Waals surface area contributed by atoms with E-state index in [2.05, 4.69) is 26.1 Å². The van der Waals surface area contributed by atoms with E-state index >= 15 is 0 Å². The van der Waals surface area contributed by atoms with E-state index in [1.54, 1.807) is 12.1 Å². The second-order valence-electron chi connectivity index (χ2n) is 3.20. The average Bonchev–Trinajstić information content (AvgIpc) is 2.79. The number of hydrogen-bond acceptors (Lipinski definition) is 5. The molecular formula is C10H9BrFN3OS. The molecule has 0 atom stereocenters. The smallest absolute Gasteiger partial charge is 0.276 e. The first-order chi connectivity index (χ1) is 8.19. The van der Waals surface area contributed by atoms with Gasteiger partial charge in [0, 0.05) is 5.75 Å². The number of hydrogen-bond donors (Lipinski definition) is 1. The van der Waals surface area contributed by atoms with Gasteiger partial charge in [0.05, 0.1) is 11.0 Å². The summed E-state index contributed by atoms with van der Waals surface area (Å²) >= 11 is 4.52. The van der Waals surface area contributed by atoms with Gasteiger partial charge in [-0.25, -0.2) is 4.39 Å². The predicted octanol–water partition coefficient (Wildman–Crippen LogP) is 2.72. The lowest BCUT2D eigenvalue weighted by Crippen LogP contribution is -1.95. The second-order valence-corrected chi connectivity index (χ2v) is 4.98.